The number of nitrogens with zero attached hydrogens (tertiary/aromatic N) is 2. The van der Waals surface area contributed by atoms with Crippen LogP contribution in [-0.4, -0.2) is 41.7 Å². The van der Waals surface area contributed by atoms with Crippen LogP contribution in [0.3, 0.4) is 0 Å². The Balaban J connectivity index is 2.04. The highest BCUT2D eigenvalue weighted by atomic mass is 16.6. The van der Waals surface area contributed by atoms with Crippen LogP contribution in [0.15, 0.2) is 35.1 Å². The number of anilines is 1. The molecule has 0 radical (unpaired) electrons. The van der Waals surface area contributed by atoms with Gasteiger partial charge in [0.1, 0.15) is 12.6 Å². The van der Waals surface area contributed by atoms with Gasteiger partial charge in [-0.15, -0.1) is 0 Å². The van der Waals surface area contributed by atoms with Gasteiger partial charge >= 0.3 is 6.09 Å². The Bertz CT molecular complexity index is 952. The van der Waals surface area contributed by atoms with Gasteiger partial charge in [0.15, 0.2) is 0 Å². The number of para-hydroxylation sites is 1. The van der Waals surface area contributed by atoms with E-state index >= 15 is 0 Å². The molecule has 1 fully saturated rings. The van der Waals surface area contributed by atoms with Crippen molar-refractivity contribution in [2.75, 3.05) is 18.0 Å². The molecule has 1 aromatic carbocycles. The lowest BCUT2D eigenvalue weighted by Crippen LogP contribution is -2.34. The van der Waals surface area contributed by atoms with Crippen LogP contribution < -0.4 is 21.5 Å². The minimum Gasteiger partial charge on any atom is -0.442 e. The normalized spacial score (nSPS) is 16.6. The molecule has 0 unspecified atom stereocenters. The number of primary amides is 1. The van der Waals surface area contributed by atoms with Crippen LogP contribution in [0.1, 0.15) is 6.92 Å². The first-order valence-corrected chi connectivity index (χ1v) is 8.00. The molecule has 1 aliphatic heterocycles. The summed E-state index contributed by atoms with van der Waals surface area (Å²) in [5.41, 5.74) is 5.73. The summed E-state index contributed by atoms with van der Waals surface area (Å²) in [5, 5.41) is 3.29. The van der Waals surface area contributed by atoms with E-state index in [1.54, 1.807) is 24.3 Å². The lowest BCUT2D eigenvalue weighted by Gasteiger charge is -2.18. The summed E-state index contributed by atoms with van der Waals surface area (Å²) in [4.78, 5) is 48.3. The maximum Gasteiger partial charge on any atom is 0.414 e. The summed E-state index contributed by atoms with van der Waals surface area (Å²) in [5.74, 6) is -0.887. The van der Waals surface area contributed by atoms with E-state index in [-0.39, 0.29) is 25.5 Å². The number of carbonyl (C=O) groups excluding carboxylic acids is 3. The predicted molar refractivity (Wildman–Crippen MR) is 93.7 cm³/mol. The average molecular weight is 358 g/mol. The molecule has 2 aromatic rings. The van der Waals surface area contributed by atoms with Gasteiger partial charge in [0.2, 0.25) is 11.8 Å². The van der Waals surface area contributed by atoms with Gasteiger partial charge in [-0.25, -0.2) is 4.79 Å². The second-order valence-electron chi connectivity index (χ2n) is 5.99. The molecule has 1 aliphatic rings. The zero-order valence-corrected chi connectivity index (χ0v) is 14.1. The summed E-state index contributed by atoms with van der Waals surface area (Å²) in [6.45, 7) is 1.47. The van der Waals surface area contributed by atoms with Gasteiger partial charge in [-0.1, -0.05) is 12.1 Å². The van der Waals surface area contributed by atoms with E-state index in [1.165, 1.54) is 22.5 Å². The number of pyridine rings is 1. The molecule has 1 atom stereocenters. The van der Waals surface area contributed by atoms with Crippen LogP contribution in [0.2, 0.25) is 0 Å². The topological polar surface area (TPSA) is 124 Å². The number of rotatable bonds is 5. The van der Waals surface area contributed by atoms with Crippen molar-refractivity contribution < 1.29 is 19.1 Å². The fourth-order valence-electron chi connectivity index (χ4n) is 2.95. The number of carbonyl (C=O) groups is 3. The quantitative estimate of drug-likeness (QED) is 0.775. The minimum absolute atomic E-state index is 0.191. The number of nitrogens with one attached hydrogen (secondary N) is 1. The van der Waals surface area contributed by atoms with Crippen molar-refractivity contribution in [3.63, 3.8) is 0 Å². The summed E-state index contributed by atoms with van der Waals surface area (Å²) in [7, 11) is 0. The van der Waals surface area contributed by atoms with Gasteiger partial charge in [-0.2, -0.15) is 0 Å². The molecule has 1 aromatic heterocycles. The van der Waals surface area contributed by atoms with Crippen LogP contribution in [-0.2, 0) is 20.9 Å². The minimum atomic E-state index is -0.665. The second kappa shape index (κ2) is 6.87. The van der Waals surface area contributed by atoms with Crippen LogP contribution >= 0.6 is 0 Å². The molecule has 2 heterocycles. The Morgan fingerprint density at radius 3 is 2.73 bits per heavy atom. The fourth-order valence-corrected chi connectivity index (χ4v) is 2.95. The third kappa shape index (κ3) is 3.37. The van der Waals surface area contributed by atoms with Crippen LogP contribution in [0, 0.1) is 0 Å². The maximum atomic E-state index is 12.3. The Labute approximate surface area is 148 Å². The number of benzene rings is 1. The highest BCUT2D eigenvalue weighted by Crippen LogP contribution is 2.29. The van der Waals surface area contributed by atoms with Crippen molar-refractivity contribution in [3.05, 3.63) is 40.7 Å². The number of amides is 3. The SMILES string of the molecule is CC(=O)NC[C@H]1CN(c2cccc3ccc(=O)n(CC(N)=O)c23)C(=O)O1. The van der Waals surface area contributed by atoms with Crippen molar-refractivity contribution in [3.8, 4) is 0 Å². The van der Waals surface area contributed by atoms with E-state index in [0.29, 0.717) is 16.6 Å². The number of hydrogen-bond donors (Lipinski definition) is 2. The fraction of sp³-hybridized carbons (Fsp3) is 0.294. The number of nitrogens with two attached hydrogens (primary N) is 1. The number of fused-ring (bicyclic) bond motifs is 1. The monoisotopic (exact) mass is 358 g/mol. The van der Waals surface area contributed by atoms with Crippen molar-refractivity contribution in [1.29, 1.82) is 0 Å². The van der Waals surface area contributed by atoms with Crippen LogP contribution in [0.25, 0.3) is 10.9 Å². The lowest BCUT2D eigenvalue weighted by molar-refractivity contribution is -0.119. The Morgan fingerprint density at radius 2 is 2.04 bits per heavy atom. The molecule has 3 amide bonds. The van der Waals surface area contributed by atoms with Crippen molar-refractivity contribution in [2.24, 2.45) is 5.73 Å². The molecule has 3 N–H and O–H groups in total. The molecule has 0 bridgehead atoms. The Morgan fingerprint density at radius 1 is 1.27 bits per heavy atom. The average Bonchev–Trinajstić information content (AvgIpc) is 2.95. The summed E-state index contributed by atoms with van der Waals surface area (Å²) in [6.07, 6.45) is -1.10. The third-order valence-electron chi connectivity index (χ3n) is 4.04. The zero-order chi connectivity index (χ0) is 18.8. The number of ether oxygens (including phenoxy) is 1. The second-order valence-corrected chi connectivity index (χ2v) is 5.99. The molecule has 0 saturated carbocycles. The highest BCUT2D eigenvalue weighted by Gasteiger charge is 2.33. The molecule has 26 heavy (non-hydrogen) atoms. The molecule has 0 aliphatic carbocycles. The number of hydrogen-bond acceptors (Lipinski definition) is 5. The van der Waals surface area contributed by atoms with Crippen molar-refractivity contribution in [2.45, 2.75) is 19.6 Å². The highest BCUT2D eigenvalue weighted by molar-refractivity contribution is 6.01. The molecule has 3 rings (SSSR count). The summed E-state index contributed by atoms with van der Waals surface area (Å²) in [6, 6.07) is 8.14. The summed E-state index contributed by atoms with van der Waals surface area (Å²) < 4.78 is 6.51. The van der Waals surface area contributed by atoms with Gasteiger partial charge in [0.25, 0.3) is 5.56 Å². The van der Waals surface area contributed by atoms with Gasteiger partial charge in [-0.05, 0) is 12.1 Å². The van der Waals surface area contributed by atoms with E-state index in [1.807, 2.05) is 0 Å². The molecule has 9 heteroatoms. The molecule has 136 valence electrons. The molecule has 1 saturated heterocycles. The molecular formula is C17H18N4O5. The standard InChI is InChI=1S/C17H18N4O5/c1-10(22)19-7-12-8-20(17(25)26-12)13-4-2-3-11-5-6-15(24)21(16(11)13)9-14(18)23/h2-6,12H,7-9H2,1H3,(H2,18,23)(H,19,22)/t12-/m0/s1. The van der Waals surface area contributed by atoms with Gasteiger partial charge in [0, 0.05) is 18.4 Å². The number of cyclic esters (lactones) is 1. The Kier molecular flexibility index (Phi) is 4.61. The van der Waals surface area contributed by atoms with E-state index < -0.39 is 23.7 Å². The van der Waals surface area contributed by atoms with Crippen molar-refractivity contribution in [1.82, 2.24) is 9.88 Å². The molecule has 9 nitrogen and oxygen atoms in total. The van der Waals surface area contributed by atoms with E-state index in [0.717, 1.165) is 0 Å². The first kappa shape index (κ1) is 17.5. The number of aromatic nitrogens is 1. The summed E-state index contributed by atoms with van der Waals surface area (Å²) >= 11 is 0. The van der Waals surface area contributed by atoms with Crippen LogP contribution in [0.4, 0.5) is 10.5 Å². The Hall–Kier alpha value is -3.36. The maximum absolute atomic E-state index is 12.3. The smallest absolute Gasteiger partial charge is 0.414 e. The first-order valence-electron chi connectivity index (χ1n) is 8.00. The first-order chi connectivity index (χ1) is 12.4. The lowest BCUT2D eigenvalue weighted by atomic mass is 10.1. The largest absolute Gasteiger partial charge is 0.442 e. The molecular weight excluding hydrogens is 340 g/mol. The van der Waals surface area contributed by atoms with Gasteiger partial charge < -0.3 is 15.8 Å². The van der Waals surface area contributed by atoms with E-state index in [2.05, 4.69) is 5.32 Å². The van der Waals surface area contributed by atoms with Gasteiger partial charge in [0.05, 0.1) is 24.3 Å². The zero-order valence-electron chi connectivity index (χ0n) is 14.1. The van der Waals surface area contributed by atoms with E-state index in [4.69, 9.17) is 10.5 Å². The van der Waals surface area contributed by atoms with Gasteiger partial charge in [-0.3, -0.25) is 23.9 Å². The van der Waals surface area contributed by atoms with Crippen LogP contribution in [0.5, 0.6) is 0 Å². The van der Waals surface area contributed by atoms with Crippen molar-refractivity contribution >= 4 is 34.5 Å². The third-order valence-corrected chi connectivity index (χ3v) is 4.04. The molecule has 0 spiro atoms. The predicted octanol–water partition coefficient (Wildman–Crippen LogP) is -0.0519. The van der Waals surface area contributed by atoms with E-state index in [9.17, 15) is 19.2 Å².